The maximum atomic E-state index is 11.7. The maximum Gasteiger partial charge on any atom is 0.282 e. The normalized spacial score (nSPS) is 12.9. The van der Waals surface area contributed by atoms with E-state index in [9.17, 15) is 20.2 Å². The molecule has 0 amide bonds. The minimum Gasteiger partial charge on any atom is -0.454 e. The molecule has 14 heteroatoms. The molecule has 0 radical (unpaired) electrons. The third-order valence-electron chi connectivity index (χ3n) is 5.22. The van der Waals surface area contributed by atoms with Crippen molar-refractivity contribution < 1.29 is 19.3 Å². The molecule has 0 unspecified atom stereocenters. The molecule has 1 aliphatic rings. The number of non-ortho nitro benzene ring substituents is 1. The Bertz CT molecular complexity index is 1650. The van der Waals surface area contributed by atoms with E-state index in [4.69, 9.17) is 32.7 Å². The molecule has 11 nitrogen and oxygen atoms in total. The number of benzene rings is 3. The van der Waals surface area contributed by atoms with Crippen LogP contribution in [0.4, 0.5) is 17.1 Å². The molecule has 0 saturated carbocycles. The Kier molecular flexibility index (Phi) is 6.61. The standard InChI is InChI=1S/C23H13Cl2N5O6S/c24-17-6-3-15(8-18(17)25)27-23-28(20(11-37-23)13-1-4-16(5-2-13)29(31)32)26-10-14-7-21-22(36-12-35-21)9-19(14)30(33)34/h1-11H,12H2. The van der Waals surface area contributed by atoms with E-state index < -0.39 is 9.85 Å². The van der Waals surface area contributed by atoms with E-state index in [1.165, 1.54) is 46.5 Å². The fourth-order valence-corrected chi connectivity index (χ4v) is 4.58. The molecule has 0 atom stereocenters. The first-order chi connectivity index (χ1) is 17.8. The SMILES string of the molecule is O=[N+]([O-])c1ccc(-c2csc(=Nc3ccc(Cl)c(Cl)c3)n2N=Cc2cc3c(cc2[N+](=O)[O-])OCO3)cc1. The Labute approximate surface area is 221 Å². The third-order valence-corrected chi connectivity index (χ3v) is 6.77. The van der Waals surface area contributed by atoms with Crippen molar-refractivity contribution in [3.63, 3.8) is 0 Å². The number of aromatic nitrogens is 1. The summed E-state index contributed by atoms with van der Waals surface area (Å²) >= 11 is 13.4. The highest BCUT2D eigenvalue weighted by Crippen LogP contribution is 2.37. The number of nitro groups is 2. The highest BCUT2D eigenvalue weighted by atomic mass is 35.5. The second-order valence-electron chi connectivity index (χ2n) is 7.50. The Morgan fingerprint density at radius 1 is 0.946 bits per heavy atom. The van der Waals surface area contributed by atoms with Crippen LogP contribution in [-0.4, -0.2) is 27.5 Å². The first-order valence-corrected chi connectivity index (χ1v) is 12.0. The van der Waals surface area contributed by atoms with E-state index in [1.807, 2.05) is 0 Å². The molecular weight excluding hydrogens is 545 g/mol. The second kappa shape index (κ2) is 10.0. The number of nitro benzene ring substituents is 2. The second-order valence-corrected chi connectivity index (χ2v) is 9.15. The molecule has 5 rings (SSSR count). The molecular formula is C23H13Cl2N5O6S. The highest BCUT2D eigenvalue weighted by Gasteiger charge is 2.22. The van der Waals surface area contributed by atoms with E-state index in [2.05, 4.69) is 10.1 Å². The Balaban J connectivity index is 1.65. The zero-order chi connectivity index (χ0) is 26.1. The lowest BCUT2D eigenvalue weighted by Crippen LogP contribution is -2.11. The highest BCUT2D eigenvalue weighted by molar-refractivity contribution is 7.07. The lowest BCUT2D eigenvalue weighted by molar-refractivity contribution is -0.385. The van der Waals surface area contributed by atoms with Gasteiger partial charge in [0.05, 0.1) is 49.1 Å². The van der Waals surface area contributed by atoms with Crippen LogP contribution in [0.1, 0.15) is 5.56 Å². The van der Waals surface area contributed by atoms with Gasteiger partial charge in [-0.05, 0) is 36.4 Å². The lowest BCUT2D eigenvalue weighted by atomic mass is 10.1. The van der Waals surface area contributed by atoms with E-state index in [0.717, 1.165) is 0 Å². The summed E-state index contributed by atoms with van der Waals surface area (Å²) in [5, 5.41) is 29.7. The monoisotopic (exact) mass is 557 g/mol. The van der Waals surface area contributed by atoms with Gasteiger partial charge < -0.3 is 9.47 Å². The Morgan fingerprint density at radius 2 is 1.68 bits per heavy atom. The zero-order valence-corrected chi connectivity index (χ0v) is 20.7. The summed E-state index contributed by atoms with van der Waals surface area (Å²) < 4.78 is 12.1. The first-order valence-electron chi connectivity index (χ1n) is 10.4. The van der Waals surface area contributed by atoms with Crippen molar-refractivity contribution in [3.8, 4) is 22.8 Å². The fourth-order valence-electron chi connectivity index (χ4n) is 3.43. The largest absolute Gasteiger partial charge is 0.454 e. The van der Waals surface area contributed by atoms with Gasteiger partial charge in [-0.25, -0.2) is 9.67 Å². The minimum absolute atomic E-state index is 0.0384. The molecule has 3 aromatic carbocycles. The van der Waals surface area contributed by atoms with Gasteiger partial charge in [0.25, 0.3) is 11.4 Å². The topological polar surface area (TPSA) is 134 Å². The summed E-state index contributed by atoms with van der Waals surface area (Å²) in [6.07, 6.45) is 1.32. The van der Waals surface area contributed by atoms with Gasteiger partial charge in [-0.2, -0.15) is 5.10 Å². The molecule has 0 N–H and O–H groups in total. The van der Waals surface area contributed by atoms with Crippen molar-refractivity contribution in [1.29, 1.82) is 0 Å². The van der Waals surface area contributed by atoms with E-state index in [-0.39, 0.29) is 29.5 Å². The van der Waals surface area contributed by atoms with Crippen LogP contribution in [0, 0.1) is 20.2 Å². The van der Waals surface area contributed by atoms with Crippen LogP contribution in [0.2, 0.25) is 10.0 Å². The van der Waals surface area contributed by atoms with E-state index in [1.54, 1.807) is 35.7 Å². The Morgan fingerprint density at radius 3 is 2.35 bits per heavy atom. The maximum absolute atomic E-state index is 11.7. The van der Waals surface area contributed by atoms with Gasteiger partial charge in [0.1, 0.15) is 0 Å². The first kappa shape index (κ1) is 24.4. The average molecular weight is 558 g/mol. The van der Waals surface area contributed by atoms with Crippen LogP contribution in [0.5, 0.6) is 11.5 Å². The van der Waals surface area contributed by atoms with Gasteiger partial charge in [-0.1, -0.05) is 23.2 Å². The van der Waals surface area contributed by atoms with Gasteiger partial charge in [0, 0.05) is 23.1 Å². The summed E-state index contributed by atoms with van der Waals surface area (Å²) in [6.45, 7) is -0.0384. The van der Waals surface area contributed by atoms with Crippen molar-refractivity contribution in [2.75, 3.05) is 6.79 Å². The van der Waals surface area contributed by atoms with Gasteiger partial charge in [0.15, 0.2) is 11.5 Å². The number of rotatable bonds is 6. The van der Waals surface area contributed by atoms with Crippen molar-refractivity contribution in [2.45, 2.75) is 0 Å². The number of halogens is 2. The predicted molar refractivity (Wildman–Crippen MR) is 138 cm³/mol. The van der Waals surface area contributed by atoms with Crippen molar-refractivity contribution in [3.05, 3.63) is 101 Å². The van der Waals surface area contributed by atoms with Gasteiger partial charge in [0.2, 0.25) is 11.6 Å². The van der Waals surface area contributed by atoms with E-state index in [0.29, 0.717) is 37.5 Å². The number of ether oxygens (including phenoxy) is 2. The van der Waals surface area contributed by atoms with Crippen molar-refractivity contribution in [1.82, 2.24) is 4.68 Å². The lowest BCUT2D eigenvalue weighted by Gasteiger charge is -2.05. The smallest absolute Gasteiger partial charge is 0.282 e. The summed E-state index contributed by atoms with van der Waals surface area (Å²) in [4.78, 5) is 26.7. The summed E-state index contributed by atoms with van der Waals surface area (Å²) in [5.74, 6) is 0.632. The number of hydrogen-bond acceptors (Lipinski definition) is 9. The van der Waals surface area contributed by atoms with Crippen LogP contribution in [0.25, 0.3) is 11.3 Å². The molecule has 1 aliphatic heterocycles. The van der Waals surface area contributed by atoms with E-state index >= 15 is 0 Å². The van der Waals surface area contributed by atoms with Crippen LogP contribution in [-0.2, 0) is 0 Å². The molecule has 1 aromatic heterocycles. The van der Waals surface area contributed by atoms with Crippen LogP contribution in [0.3, 0.4) is 0 Å². The fraction of sp³-hybridized carbons (Fsp3) is 0.0435. The molecule has 2 heterocycles. The van der Waals surface area contributed by atoms with Crippen LogP contribution >= 0.6 is 34.5 Å². The Hall–Kier alpha value is -4.26. The quantitative estimate of drug-likeness (QED) is 0.158. The number of nitrogens with zero attached hydrogens (tertiary/aromatic N) is 5. The summed E-state index contributed by atoms with van der Waals surface area (Å²) in [6, 6.07) is 13.5. The molecule has 0 aliphatic carbocycles. The molecule has 186 valence electrons. The number of thiazole rings is 1. The molecule has 0 saturated heterocycles. The van der Waals surface area contributed by atoms with Crippen molar-refractivity contribution >= 4 is 57.8 Å². The third kappa shape index (κ3) is 5.03. The molecule has 4 aromatic rings. The van der Waals surface area contributed by atoms with Crippen molar-refractivity contribution in [2.24, 2.45) is 10.1 Å². The summed E-state index contributed by atoms with van der Waals surface area (Å²) in [7, 11) is 0. The number of hydrogen-bond donors (Lipinski definition) is 0. The molecule has 0 spiro atoms. The molecule has 0 fully saturated rings. The number of fused-ring (bicyclic) bond motifs is 1. The predicted octanol–water partition coefficient (Wildman–Crippen LogP) is 6.18. The molecule has 0 bridgehead atoms. The summed E-state index contributed by atoms with van der Waals surface area (Å²) in [5.41, 5.74) is 1.58. The van der Waals surface area contributed by atoms with Gasteiger partial charge >= 0.3 is 0 Å². The average Bonchev–Trinajstić information content (AvgIpc) is 3.50. The molecule has 37 heavy (non-hydrogen) atoms. The minimum atomic E-state index is -0.542. The van der Waals surface area contributed by atoms with Gasteiger partial charge in [-0.3, -0.25) is 20.2 Å². The van der Waals surface area contributed by atoms with Crippen LogP contribution < -0.4 is 14.3 Å². The van der Waals surface area contributed by atoms with Crippen LogP contribution in [0.15, 0.2) is 70.1 Å². The van der Waals surface area contributed by atoms with Gasteiger partial charge in [-0.15, -0.1) is 11.3 Å². The zero-order valence-electron chi connectivity index (χ0n) is 18.4.